The van der Waals surface area contributed by atoms with Crippen molar-refractivity contribution in [2.24, 2.45) is 5.92 Å². The Morgan fingerprint density at radius 1 is 0.963 bits per heavy atom. The summed E-state index contributed by atoms with van der Waals surface area (Å²) >= 11 is 0. The third kappa shape index (κ3) is 4.80. The molecule has 0 unspecified atom stereocenters. The zero-order valence-corrected chi connectivity index (χ0v) is 15.4. The molecule has 140 valence electrons. The molecule has 2 heterocycles. The van der Waals surface area contributed by atoms with Crippen molar-refractivity contribution in [3.05, 3.63) is 71.9 Å². The molecule has 0 bridgehead atoms. The van der Waals surface area contributed by atoms with Gasteiger partial charge in [-0.2, -0.15) is 0 Å². The highest BCUT2D eigenvalue weighted by Gasteiger charge is 2.21. The molecule has 3 aromatic rings. The Labute approximate surface area is 159 Å². The largest absolute Gasteiger partial charge is 0.419 e. The minimum atomic E-state index is -0.270. The lowest BCUT2D eigenvalue weighted by Gasteiger charge is -2.31. The third-order valence-electron chi connectivity index (χ3n) is 5.31. The van der Waals surface area contributed by atoms with Gasteiger partial charge in [0.05, 0.1) is 6.54 Å². The zero-order chi connectivity index (χ0) is 18.5. The zero-order valence-electron chi connectivity index (χ0n) is 15.4. The van der Waals surface area contributed by atoms with Gasteiger partial charge in [0.1, 0.15) is 5.82 Å². The van der Waals surface area contributed by atoms with E-state index in [0.717, 1.165) is 31.0 Å². The maximum absolute atomic E-state index is 13.0. The van der Waals surface area contributed by atoms with Gasteiger partial charge >= 0.3 is 0 Å². The van der Waals surface area contributed by atoms with Crippen LogP contribution in [-0.4, -0.2) is 28.2 Å². The summed E-state index contributed by atoms with van der Waals surface area (Å²) in [6.45, 7) is 2.81. The first-order valence-corrected chi connectivity index (χ1v) is 9.61. The van der Waals surface area contributed by atoms with Gasteiger partial charge in [-0.3, -0.25) is 4.90 Å². The van der Waals surface area contributed by atoms with Gasteiger partial charge in [-0.1, -0.05) is 30.3 Å². The first kappa shape index (κ1) is 17.9. The highest BCUT2D eigenvalue weighted by Crippen LogP contribution is 2.24. The van der Waals surface area contributed by atoms with Gasteiger partial charge in [-0.05, 0) is 74.5 Å². The monoisotopic (exact) mass is 365 g/mol. The lowest BCUT2D eigenvalue weighted by Crippen LogP contribution is -2.33. The summed E-state index contributed by atoms with van der Waals surface area (Å²) in [6, 6.07) is 16.8. The molecule has 1 aliphatic rings. The molecule has 0 aliphatic carbocycles. The van der Waals surface area contributed by atoms with Crippen molar-refractivity contribution < 1.29 is 8.81 Å². The van der Waals surface area contributed by atoms with Crippen molar-refractivity contribution in [1.29, 1.82) is 0 Å². The topological polar surface area (TPSA) is 42.2 Å². The maximum Gasteiger partial charge on any atom is 0.247 e. The van der Waals surface area contributed by atoms with Gasteiger partial charge in [-0.25, -0.2) is 4.39 Å². The van der Waals surface area contributed by atoms with Crippen LogP contribution in [0.2, 0.25) is 0 Å². The molecule has 0 saturated carbocycles. The van der Waals surface area contributed by atoms with Crippen LogP contribution in [0, 0.1) is 11.7 Å². The fraction of sp³-hybridized carbons (Fsp3) is 0.364. The molecular weight excluding hydrogens is 341 g/mol. The number of hydrogen-bond acceptors (Lipinski definition) is 4. The quantitative estimate of drug-likeness (QED) is 0.634. The molecule has 0 atom stereocenters. The Balaban J connectivity index is 1.25. The van der Waals surface area contributed by atoms with Gasteiger partial charge in [0.2, 0.25) is 11.8 Å². The molecule has 1 aromatic heterocycles. The first-order valence-electron chi connectivity index (χ1n) is 9.61. The standard InChI is InChI=1S/C22H24FN3O/c23-20-10-8-19(9-11-20)22-25-24-21(27-22)16-26-14-12-18(13-15-26)7-6-17-4-2-1-3-5-17/h1-5,8-11,18H,6-7,12-16H2. The van der Waals surface area contributed by atoms with E-state index in [0.29, 0.717) is 18.3 Å². The highest BCUT2D eigenvalue weighted by atomic mass is 19.1. The van der Waals surface area contributed by atoms with E-state index >= 15 is 0 Å². The van der Waals surface area contributed by atoms with Crippen LogP contribution in [0.4, 0.5) is 4.39 Å². The molecule has 1 fully saturated rings. The molecule has 0 spiro atoms. The third-order valence-corrected chi connectivity index (χ3v) is 5.31. The lowest BCUT2D eigenvalue weighted by atomic mass is 9.90. The van der Waals surface area contributed by atoms with Crippen LogP contribution in [0.5, 0.6) is 0 Å². The average molecular weight is 365 g/mol. The molecule has 2 aromatic carbocycles. The lowest BCUT2D eigenvalue weighted by molar-refractivity contribution is 0.160. The van der Waals surface area contributed by atoms with E-state index in [2.05, 4.69) is 45.4 Å². The van der Waals surface area contributed by atoms with Gasteiger partial charge in [0.25, 0.3) is 0 Å². The fourth-order valence-corrected chi connectivity index (χ4v) is 3.67. The van der Waals surface area contributed by atoms with Crippen molar-refractivity contribution in [3.63, 3.8) is 0 Å². The van der Waals surface area contributed by atoms with E-state index in [1.165, 1.54) is 37.0 Å². The number of piperidine rings is 1. The Kier molecular flexibility index (Phi) is 5.58. The summed E-state index contributed by atoms with van der Waals surface area (Å²) in [5, 5.41) is 8.25. The van der Waals surface area contributed by atoms with E-state index in [1.807, 2.05) is 0 Å². The number of hydrogen-bond donors (Lipinski definition) is 0. The summed E-state index contributed by atoms with van der Waals surface area (Å²) in [4.78, 5) is 2.38. The Hall–Kier alpha value is -2.53. The normalized spacial score (nSPS) is 15.9. The van der Waals surface area contributed by atoms with Gasteiger partial charge in [-0.15, -0.1) is 10.2 Å². The van der Waals surface area contributed by atoms with Crippen molar-refractivity contribution >= 4 is 0 Å². The van der Waals surface area contributed by atoms with Crippen LogP contribution in [0.15, 0.2) is 59.0 Å². The number of likely N-dealkylation sites (tertiary alicyclic amines) is 1. The number of rotatable bonds is 6. The second-order valence-electron chi connectivity index (χ2n) is 7.25. The maximum atomic E-state index is 13.0. The second kappa shape index (κ2) is 8.44. The second-order valence-corrected chi connectivity index (χ2v) is 7.25. The average Bonchev–Trinajstić information content (AvgIpc) is 3.17. The van der Waals surface area contributed by atoms with Gasteiger partial charge in [0.15, 0.2) is 0 Å². The van der Waals surface area contributed by atoms with Gasteiger partial charge in [0, 0.05) is 5.56 Å². The predicted octanol–water partition coefficient (Wildman–Crippen LogP) is 4.72. The van der Waals surface area contributed by atoms with Crippen LogP contribution >= 0.6 is 0 Å². The van der Waals surface area contributed by atoms with Crippen LogP contribution in [-0.2, 0) is 13.0 Å². The predicted molar refractivity (Wildman–Crippen MR) is 102 cm³/mol. The van der Waals surface area contributed by atoms with Crippen LogP contribution in [0.1, 0.15) is 30.7 Å². The number of nitrogens with zero attached hydrogens (tertiary/aromatic N) is 3. The molecule has 0 amide bonds. The summed E-state index contributed by atoms with van der Waals surface area (Å²) in [7, 11) is 0. The van der Waals surface area contributed by atoms with Crippen LogP contribution < -0.4 is 0 Å². The number of aromatic nitrogens is 2. The SMILES string of the molecule is Fc1ccc(-c2nnc(CN3CCC(CCc4ccccc4)CC3)o2)cc1. The summed E-state index contributed by atoms with van der Waals surface area (Å²) in [5.74, 6) is 1.59. The minimum absolute atomic E-state index is 0.270. The van der Waals surface area contributed by atoms with Crippen molar-refractivity contribution in [2.45, 2.75) is 32.2 Å². The van der Waals surface area contributed by atoms with Crippen molar-refractivity contribution in [1.82, 2.24) is 15.1 Å². The van der Waals surface area contributed by atoms with Crippen molar-refractivity contribution in [3.8, 4) is 11.5 Å². The molecule has 1 saturated heterocycles. The van der Waals surface area contributed by atoms with E-state index < -0.39 is 0 Å². The summed E-state index contributed by atoms with van der Waals surface area (Å²) in [6.07, 6.45) is 4.85. The first-order chi connectivity index (χ1) is 13.3. The Bertz CT molecular complexity index is 840. The molecule has 1 aliphatic heterocycles. The van der Waals surface area contributed by atoms with Crippen molar-refractivity contribution in [2.75, 3.05) is 13.1 Å². The number of halogens is 1. The van der Waals surface area contributed by atoms with Crippen LogP contribution in [0.25, 0.3) is 11.5 Å². The minimum Gasteiger partial charge on any atom is -0.419 e. The Morgan fingerprint density at radius 2 is 1.70 bits per heavy atom. The molecule has 4 rings (SSSR count). The fourth-order valence-electron chi connectivity index (χ4n) is 3.67. The number of aryl methyl sites for hydroxylation is 1. The molecular formula is C22H24FN3O. The number of benzene rings is 2. The van der Waals surface area contributed by atoms with Gasteiger partial charge < -0.3 is 4.42 Å². The van der Waals surface area contributed by atoms with E-state index in [4.69, 9.17) is 4.42 Å². The highest BCUT2D eigenvalue weighted by molar-refractivity contribution is 5.51. The Morgan fingerprint density at radius 3 is 2.44 bits per heavy atom. The molecule has 5 heteroatoms. The summed E-state index contributed by atoms with van der Waals surface area (Å²) in [5.41, 5.74) is 2.17. The van der Waals surface area contributed by atoms with E-state index in [-0.39, 0.29) is 5.82 Å². The smallest absolute Gasteiger partial charge is 0.247 e. The van der Waals surface area contributed by atoms with E-state index in [1.54, 1.807) is 12.1 Å². The molecule has 27 heavy (non-hydrogen) atoms. The van der Waals surface area contributed by atoms with E-state index in [9.17, 15) is 4.39 Å². The molecule has 4 nitrogen and oxygen atoms in total. The van der Waals surface area contributed by atoms with Crippen LogP contribution in [0.3, 0.4) is 0 Å². The summed E-state index contributed by atoms with van der Waals surface area (Å²) < 4.78 is 18.8. The molecule has 0 N–H and O–H groups in total. The molecule has 0 radical (unpaired) electrons.